The van der Waals surface area contributed by atoms with Crippen molar-refractivity contribution in [1.82, 2.24) is 20.4 Å². The van der Waals surface area contributed by atoms with Crippen LogP contribution in [0.4, 0.5) is 0 Å². The molecule has 2 N–H and O–H groups in total. The molecule has 1 aromatic carbocycles. The summed E-state index contributed by atoms with van der Waals surface area (Å²) in [5, 5.41) is 6.66. The number of benzene rings is 1. The topological polar surface area (TPSA) is 86.3 Å². The van der Waals surface area contributed by atoms with Crippen LogP contribution in [0.5, 0.6) is 5.75 Å². The third-order valence-electron chi connectivity index (χ3n) is 4.63. The Bertz CT molecular complexity index is 705. The second-order valence-electron chi connectivity index (χ2n) is 6.97. The summed E-state index contributed by atoms with van der Waals surface area (Å²) < 4.78 is 5.55. The van der Waals surface area contributed by atoms with E-state index in [4.69, 9.17) is 4.74 Å². The number of amides is 2. The van der Waals surface area contributed by atoms with Crippen molar-refractivity contribution in [2.75, 3.05) is 40.8 Å². The Balaban J connectivity index is 1.82. The molecule has 0 bridgehead atoms. The van der Waals surface area contributed by atoms with Gasteiger partial charge in [0.05, 0.1) is 0 Å². The number of aliphatic imine (C=N–C) groups is 1. The van der Waals surface area contributed by atoms with Crippen molar-refractivity contribution >= 4 is 17.8 Å². The SMILES string of the molecule is CCC(=O)N1CCC(NC(=NC)NCc2cccc(OCC(=O)N(C)C)c2)C1. The predicted molar refractivity (Wildman–Crippen MR) is 109 cm³/mol. The molecule has 0 spiro atoms. The van der Waals surface area contributed by atoms with E-state index in [1.54, 1.807) is 21.1 Å². The molecule has 0 saturated carbocycles. The van der Waals surface area contributed by atoms with Crippen LogP contribution in [0.3, 0.4) is 0 Å². The first-order valence-electron chi connectivity index (χ1n) is 9.59. The molecule has 1 aliphatic rings. The molecule has 8 heteroatoms. The van der Waals surface area contributed by atoms with Gasteiger partial charge in [-0.3, -0.25) is 14.6 Å². The van der Waals surface area contributed by atoms with Crippen molar-refractivity contribution in [1.29, 1.82) is 0 Å². The molecule has 154 valence electrons. The van der Waals surface area contributed by atoms with E-state index in [-0.39, 0.29) is 24.5 Å². The van der Waals surface area contributed by atoms with Crippen LogP contribution in [0.2, 0.25) is 0 Å². The molecule has 0 radical (unpaired) electrons. The molecular formula is C20H31N5O3. The van der Waals surface area contributed by atoms with E-state index < -0.39 is 0 Å². The van der Waals surface area contributed by atoms with Gasteiger partial charge in [-0.05, 0) is 24.1 Å². The average Bonchev–Trinajstić information content (AvgIpc) is 3.17. The first kappa shape index (κ1) is 21.5. The van der Waals surface area contributed by atoms with Crippen molar-refractivity contribution in [3.8, 4) is 5.75 Å². The van der Waals surface area contributed by atoms with Gasteiger partial charge in [0, 0.05) is 53.2 Å². The quantitative estimate of drug-likeness (QED) is 0.533. The number of guanidine groups is 1. The Hall–Kier alpha value is -2.77. The average molecular weight is 390 g/mol. The fourth-order valence-corrected chi connectivity index (χ4v) is 2.92. The van der Waals surface area contributed by atoms with Crippen molar-refractivity contribution in [2.24, 2.45) is 4.99 Å². The minimum absolute atomic E-state index is 0.0156. The highest BCUT2D eigenvalue weighted by molar-refractivity contribution is 5.80. The largest absolute Gasteiger partial charge is 0.484 e. The van der Waals surface area contributed by atoms with Crippen LogP contribution >= 0.6 is 0 Å². The molecule has 1 aromatic rings. The Morgan fingerprint density at radius 3 is 2.82 bits per heavy atom. The van der Waals surface area contributed by atoms with E-state index in [2.05, 4.69) is 15.6 Å². The molecule has 0 aliphatic carbocycles. The van der Waals surface area contributed by atoms with Gasteiger partial charge in [0.15, 0.2) is 12.6 Å². The molecule has 2 amide bonds. The number of rotatable bonds is 7. The van der Waals surface area contributed by atoms with Gasteiger partial charge in [-0.2, -0.15) is 0 Å². The van der Waals surface area contributed by atoms with Crippen LogP contribution in [-0.4, -0.2) is 74.5 Å². The standard InChI is InChI=1S/C20H31N5O3/c1-5-18(26)25-10-9-16(13-25)23-20(21-2)22-12-15-7-6-8-17(11-15)28-14-19(27)24(3)4/h6-8,11,16H,5,9-10,12-14H2,1-4H3,(H2,21,22,23). The van der Waals surface area contributed by atoms with Gasteiger partial charge in [-0.1, -0.05) is 19.1 Å². The number of carbonyl (C=O) groups is 2. The summed E-state index contributed by atoms with van der Waals surface area (Å²) in [6.07, 6.45) is 1.45. The monoisotopic (exact) mass is 389 g/mol. The Labute approximate surface area is 166 Å². The zero-order valence-corrected chi connectivity index (χ0v) is 17.2. The summed E-state index contributed by atoms with van der Waals surface area (Å²) in [5.41, 5.74) is 1.02. The molecule has 8 nitrogen and oxygen atoms in total. The lowest BCUT2D eigenvalue weighted by Crippen LogP contribution is -2.44. The lowest BCUT2D eigenvalue weighted by Gasteiger charge is -2.19. The summed E-state index contributed by atoms with van der Waals surface area (Å²) in [7, 11) is 5.13. The number of likely N-dealkylation sites (tertiary alicyclic amines) is 1. The van der Waals surface area contributed by atoms with Crippen LogP contribution in [0.15, 0.2) is 29.3 Å². The zero-order chi connectivity index (χ0) is 20.5. The van der Waals surface area contributed by atoms with Crippen LogP contribution in [0.25, 0.3) is 0 Å². The lowest BCUT2D eigenvalue weighted by molar-refractivity contribution is -0.131. The van der Waals surface area contributed by atoms with E-state index in [1.165, 1.54) is 4.90 Å². The Morgan fingerprint density at radius 2 is 2.14 bits per heavy atom. The van der Waals surface area contributed by atoms with Crippen molar-refractivity contribution in [2.45, 2.75) is 32.4 Å². The fourth-order valence-electron chi connectivity index (χ4n) is 2.92. The van der Waals surface area contributed by atoms with Gasteiger partial charge in [0.1, 0.15) is 5.75 Å². The second-order valence-corrected chi connectivity index (χ2v) is 6.97. The minimum Gasteiger partial charge on any atom is -0.484 e. The van der Waals surface area contributed by atoms with Gasteiger partial charge in [-0.15, -0.1) is 0 Å². The molecule has 0 aromatic heterocycles. The van der Waals surface area contributed by atoms with E-state index in [0.717, 1.165) is 18.5 Å². The van der Waals surface area contributed by atoms with Gasteiger partial charge in [-0.25, -0.2) is 0 Å². The van der Waals surface area contributed by atoms with Crippen LogP contribution in [0, 0.1) is 0 Å². The molecule has 1 unspecified atom stereocenters. The highest BCUT2D eigenvalue weighted by atomic mass is 16.5. The van der Waals surface area contributed by atoms with E-state index >= 15 is 0 Å². The smallest absolute Gasteiger partial charge is 0.259 e. The number of nitrogens with zero attached hydrogens (tertiary/aromatic N) is 3. The summed E-state index contributed by atoms with van der Waals surface area (Å²) in [4.78, 5) is 31.1. The van der Waals surface area contributed by atoms with Gasteiger partial charge in [0.25, 0.3) is 5.91 Å². The molecule has 1 aliphatic heterocycles. The first-order valence-corrected chi connectivity index (χ1v) is 9.59. The Morgan fingerprint density at radius 1 is 1.36 bits per heavy atom. The lowest BCUT2D eigenvalue weighted by atomic mass is 10.2. The molecule has 1 saturated heterocycles. The van der Waals surface area contributed by atoms with Crippen LogP contribution < -0.4 is 15.4 Å². The Kier molecular flexibility index (Phi) is 8.10. The minimum atomic E-state index is -0.0831. The van der Waals surface area contributed by atoms with E-state index in [0.29, 0.717) is 31.2 Å². The van der Waals surface area contributed by atoms with Crippen molar-refractivity contribution < 1.29 is 14.3 Å². The van der Waals surface area contributed by atoms with Gasteiger partial charge >= 0.3 is 0 Å². The molecule has 28 heavy (non-hydrogen) atoms. The number of carbonyl (C=O) groups excluding carboxylic acids is 2. The normalized spacial score (nSPS) is 16.6. The number of likely N-dealkylation sites (N-methyl/N-ethyl adjacent to an activating group) is 1. The van der Waals surface area contributed by atoms with Gasteiger partial charge < -0.3 is 25.2 Å². The molecule has 2 rings (SSSR count). The summed E-state index contributed by atoms with van der Waals surface area (Å²) in [6, 6.07) is 7.82. The van der Waals surface area contributed by atoms with Crippen LogP contribution in [0.1, 0.15) is 25.3 Å². The van der Waals surface area contributed by atoms with E-state index in [9.17, 15) is 9.59 Å². The second kappa shape index (κ2) is 10.5. The van der Waals surface area contributed by atoms with Crippen molar-refractivity contribution in [3.63, 3.8) is 0 Å². The van der Waals surface area contributed by atoms with Crippen molar-refractivity contribution in [3.05, 3.63) is 29.8 Å². The number of hydrogen-bond donors (Lipinski definition) is 2. The molecular weight excluding hydrogens is 358 g/mol. The van der Waals surface area contributed by atoms with Gasteiger partial charge in [0.2, 0.25) is 5.91 Å². The van der Waals surface area contributed by atoms with Crippen LogP contribution in [-0.2, 0) is 16.1 Å². The zero-order valence-electron chi connectivity index (χ0n) is 17.2. The summed E-state index contributed by atoms with van der Waals surface area (Å²) in [5.74, 6) is 1.46. The third kappa shape index (κ3) is 6.44. The maximum atomic E-state index is 11.8. The molecule has 1 fully saturated rings. The fraction of sp³-hybridized carbons (Fsp3) is 0.550. The highest BCUT2D eigenvalue weighted by Gasteiger charge is 2.25. The maximum absolute atomic E-state index is 11.8. The summed E-state index contributed by atoms with van der Waals surface area (Å²) in [6.45, 7) is 3.96. The highest BCUT2D eigenvalue weighted by Crippen LogP contribution is 2.14. The maximum Gasteiger partial charge on any atom is 0.259 e. The summed E-state index contributed by atoms with van der Waals surface area (Å²) >= 11 is 0. The first-order chi connectivity index (χ1) is 13.4. The molecule has 1 heterocycles. The number of ether oxygens (including phenoxy) is 1. The number of hydrogen-bond acceptors (Lipinski definition) is 4. The predicted octanol–water partition coefficient (Wildman–Crippen LogP) is 0.830. The molecule has 1 atom stereocenters. The third-order valence-corrected chi connectivity index (χ3v) is 4.63. The number of nitrogens with one attached hydrogen (secondary N) is 2. The van der Waals surface area contributed by atoms with E-state index in [1.807, 2.05) is 36.1 Å².